The summed E-state index contributed by atoms with van der Waals surface area (Å²) in [6.45, 7) is 3.17. The normalized spacial score (nSPS) is 24.4. The van der Waals surface area contributed by atoms with Crippen LogP contribution < -0.4 is 10.2 Å². The Balaban J connectivity index is 1.40. The largest absolute Gasteiger partial charge is 0.370 e. The van der Waals surface area contributed by atoms with Crippen LogP contribution in [0.4, 0.5) is 5.69 Å². The summed E-state index contributed by atoms with van der Waals surface area (Å²) in [6, 6.07) is 14.1. The van der Waals surface area contributed by atoms with Crippen LogP contribution in [0.1, 0.15) is 30.4 Å². The molecular weight excluding hydrogens is 438 g/mol. The Bertz CT molecular complexity index is 1200. The van der Waals surface area contributed by atoms with Crippen LogP contribution >= 0.6 is 11.6 Å². The molecular formula is C26H24ClN3O3. The predicted molar refractivity (Wildman–Crippen MR) is 127 cm³/mol. The molecule has 5 rings (SSSR count). The van der Waals surface area contributed by atoms with Crippen molar-refractivity contribution in [3.05, 3.63) is 81.6 Å². The number of anilines is 1. The van der Waals surface area contributed by atoms with E-state index in [-0.39, 0.29) is 24.0 Å². The minimum absolute atomic E-state index is 0.00786. The number of ketones is 1. The second kappa shape index (κ2) is 8.52. The van der Waals surface area contributed by atoms with Gasteiger partial charge in [0.05, 0.1) is 12.1 Å². The summed E-state index contributed by atoms with van der Waals surface area (Å²) in [6.07, 6.45) is 3.25. The molecule has 0 bridgehead atoms. The van der Waals surface area contributed by atoms with Gasteiger partial charge in [-0.3, -0.25) is 14.4 Å². The van der Waals surface area contributed by atoms with Crippen molar-refractivity contribution in [2.75, 3.05) is 18.0 Å². The fraction of sp³-hybridized carbons (Fsp3) is 0.269. The molecule has 2 amide bonds. The van der Waals surface area contributed by atoms with Crippen LogP contribution in [-0.4, -0.2) is 41.6 Å². The minimum Gasteiger partial charge on any atom is -0.370 e. The molecule has 0 spiro atoms. The van der Waals surface area contributed by atoms with Gasteiger partial charge in [-0.15, -0.1) is 0 Å². The quantitative estimate of drug-likeness (QED) is 0.555. The molecule has 2 heterocycles. The molecule has 1 saturated carbocycles. The number of hydrogen-bond acceptors (Lipinski definition) is 5. The fourth-order valence-electron chi connectivity index (χ4n) is 4.73. The number of amides is 2. The van der Waals surface area contributed by atoms with E-state index in [1.54, 1.807) is 24.3 Å². The average molecular weight is 462 g/mol. The second-order valence-corrected chi connectivity index (χ2v) is 9.06. The molecule has 168 valence electrons. The highest BCUT2D eigenvalue weighted by molar-refractivity contribution is 6.30. The van der Waals surface area contributed by atoms with Crippen molar-refractivity contribution in [1.29, 1.82) is 0 Å². The van der Waals surface area contributed by atoms with E-state index in [1.165, 1.54) is 4.90 Å². The van der Waals surface area contributed by atoms with Gasteiger partial charge in [0.25, 0.3) is 5.91 Å². The van der Waals surface area contributed by atoms with E-state index in [1.807, 2.05) is 42.2 Å². The van der Waals surface area contributed by atoms with Crippen LogP contribution in [0.25, 0.3) is 6.08 Å². The van der Waals surface area contributed by atoms with Crippen molar-refractivity contribution < 1.29 is 14.4 Å². The molecule has 6 nitrogen and oxygen atoms in total. The van der Waals surface area contributed by atoms with E-state index < -0.39 is 6.04 Å². The number of halogens is 1. The van der Waals surface area contributed by atoms with Crippen LogP contribution in [0.15, 0.2) is 65.5 Å². The van der Waals surface area contributed by atoms with E-state index >= 15 is 0 Å². The summed E-state index contributed by atoms with van der Waals surface area (Å²) >= 11 is 5.96. The fourth-order valence-corrected chi connectivity index (χ4v) is 4.85. The molecule has 33 heavy (non-hydrogen) atoms. The lowest BCUT2D eigenvalue weighted by atomic mass is 10.1. The van der Waals surface area contributed by atoms with Crippen molar-refractivity contribution in [2.45, 2.75) is 32.2 Å². The van der Waals surface area contributed by atoms with Crippen molar-refractivity contribution in [1.82, 2.24) is 10.2 Å². The molecule has 2 saturated heterocycles. The molecule has 3 fully saturated rings. The van der Waals surface area contributed by atoms with E-state index in [4.69, 9.17) is 11.6 Å². The maximum absolute atomic E-state index is 13.3. The van der Waals surface area contributed by atoms with E-state index in [2.05, 4.69) is 5.32 Å². The summed E-state index contributed by atoms with van der Waals surface area (Å²) in [5.41, 5.74) is 4.00. The number of Topliss-reactive ketones (excluding diaryl/α,β-unsaturated/α-hetero) is 1. The molecule has 0 aromatic heterocycles. The topological polar surface area (TPSA) is 69.7 Å². The predicted octanol–water partition coefficient (Wildman–Crippen LogP) is 3.84. The van der Waals surface area contributed by atoms with Gasteiger partial charge in [0.1, 0.15) is 11.9 Å². The number of benzene rings is 2. The molecule has 1 N–H and O–H groups in total. The summed E-state index contributed by atoms with van der Waals surface area (Å²) in [7, 11) is 0. The van der Waals surface area contributed by atoms with Crippen molar-refractivity contribution in [3.8, 4) is 0 Å². The van der Waals surface area contributed by atoms with Gasteiger partial charge in [-0.25, -0.2) is 4.90 Å². The van der Waals surface area contributed by atoms with Crippen molar-refractivity contribution in [2.24, 2.45) is 0 Å². The summed E-state index contributed by atoms with van der Waals surface area (Å²) in [5, 5.41) is 3.96. The van der Waals surface area contributed by atoms with Crippen LogP contribution in [0.2, 0.25) is 5.02 Å². The van der Waals surface area contributed by atoms with Crippen molar-refractivity contribution >= 4 is 41.0 Å². The first-order valence-corrected chi connectivity index (χ1v) is 11.5. The SMILES string of the molecule is Cc1ccc(N2C(=O)CC(N3CCN/C3=C3/CC/C(=C\c4ccc(Cl)cc4)C3=O)C2=O)cc1. The Morgan fingerprint density at radius 1 is 1.00 bits per heavy atom. The van der Waals surface area contributed by atoms with Crippen molar-refractivity contribution in [3.63, 3.8) is 0 Å². The molecule has 2 aliphatic heterocycles. The number of nitrogens with zero attached hydrogens (tertiary/aromatic N) is 2. The average Bonchev–Trinajstić information content (AvgIpc) is 3.49. The Labute approximate surface area is 197 Å². The zero-order valence-electron chi connectivity index (χ0n) is 18.3. The van der Waals surface area contributed by atoms with Crippen LogP contribution in [0.5, 0.6) is 0 Å². The lowest BCUT2D eigenvalue weighted by molar-refractivity contribution is -0.122. The molecule has 0 radical (unpaired) electrons. The Hall–Kier alpha value is -3.38. The molecule has 1 atom stereocenters. The monoisotopic (exact) mass is 461 g/mol. The maximum atomic E-state index is 13.3. The number of hydrogen-bond donors (Lipinski definition) is 1. The van der Waals surface area contributed by atoms with Gasteiger partial charge in [0.15, 0.2) is 5.78 Å². The standard InChI is InChI=1S/C26H24ClN3O3/c1-16-2-9-20(10-3-16)30-23(31)15-22(26(30)33)29-13-12-28-25(29)21-11-6-18(24(21)32)14-17-4-7-19(27)8-5-17/h2-5,7-10,14,22,28H,6,11-13,15H2,1H3/b18-14+,25-21+. The Kier molecular flexibility index (Phi) is 5.54. The Morgan fingerprint density at radius 3 is 2.45 bits per heavy atom. The van der Waals surface area contributed by atoms with Gasteiger partial charge >= 0.3 is 0 Å². The summed E-state index contributed by atoms with van der Waals surface area (Å²) < 4.78 is 0. The summed E-state index contributed by atoms with van der Waals surface area (Å²) in [4.78, 5) is 42.4. The molecule has 2 aromatic carbocycles. The molecule has 1 unspecified atom stereocenters. The molecule has 3 aliphatic rings. The third-order valence-corrected chi connectivity index (χ3v) is 6.68. The molecule has 2 aromatic rings. The van der Waals surface area contributed by atoms with E-state index in [9.17, 15) is 14.4 Å². The number of carbonyl (C=O) groups excluding carboxylic acids is 3. The maximum Gasteiger partial charge on any atom is 0.257 e. The third-order valence-electron chi connectivity index (χ3n) is 6.43. The van der Waals surface area contributed by atoms with Gasteiger partial charge in [0.2, 0.25) is 5.91 Å². The van der Waals surface area contributed by atoms with Gasteiger partial charge in [-0.05, 0) is 55.7 Å². The highest BCUT2D eigenvalue weighted by atomic mass is 35.5. The van der Waals surface area contributed by atoms with Gasteiger partial charge < -0.3 is 10.2 Å². The smallest absolute Gasteiger partial charge is 0.257 e. The first kappa shape index (κ1) is 21.5. The second-order valence-electron chi connectivity index (χ2n) is 8.62. The van der Waals surface area contributed by atoms with Gasteiger partial charge in [-0.1, -0.05) is 41.4 Å². The van der Waals surface area contributed by atoms with E-state index in [0.29, 0.717) is 48.0 Å². The zero-order valence-corrected chi connectivity index (χ0v) is 19.1. The molecule has 7 heteroatoms. The number of aryl methyl sites for hydroxylation is 1. The van der Waals surface area contributed by atoms with Gasteiger partial charge in [0, 0.05) is 29.3 Å². The minimum atomic E-state index is -0.603. The van der Waals surface area contributed by atoms with E-state index in [0.717, 1.165) is 16.7 Å². The first-order chi connectivity index (χ1) is 15.9. The lowest BCUT2D eigenvalue weighted by Gasteiger charge is -2.26. The van der Waals surface area contributed by atoms with Crippen LogP contribution in [0, 0.1) is 6.92 Å². The highest BCUT2D eigenvalue weighted by Gasteiger charge is 2.45. The molecule has 1 aliphatic carbocycles. The third kappa shape index (κ3) is 3.95. The lowest BCUT2D eigenvalue weighted by Crippen LogP contribution is -2.41. The number of nitrogens with one attached hydrogen (secondary N) is 1. The highest BCUT2D eigenvalue weighted by Crippen LogP contribution is 2.34. The Morgan fingerprint density at radius 2 is 1.73 bits per heavy atom. The van der Waals surface area contributed by atoms with Crippen LogP contribution in [-0.2, 0) is 14.4 Å². The number of rotatable bonds is 3. The van der Waals surface area contributed by atoms with Gasteiger partial charge in [-0.2, -0.15) is 0 Å². The number of imide groups is 1. The number of allylic oxidation sites excluding steroid dienone is 2. The number of carbonyl (C=O) groups is 3. The zero-order chi connectivity index (χ0) is 23.1. The first-order valence-electron chi connectivity index (χ1n) is 11.1. The summed E-state index contributed by atoms with van der Waals surface area (Å²) in [5.74, 6) is 0.224. The van der Waals surface area contributed by atoms with Crippen LogP contribution in [0.3, 0.4) is 0 Å².